The van der Waals surface area contributed by atoms with E-state index in [0.29, 0.717) is 22.1 Å². The van der Waals surface area contributed by atoms with E-state index in [9.17, 15) is 23.1 Å². The molecule has 1 aliphatic rings. The third kappa shape index (κ3) is 3.80. The number of benzene rings is 2. The van der Waals surface area contributed by atoms with Gasteiger partial charge in [-0.3, -0.25) is 4.79 Å². The van der Waals surface area contributed by atoms with Crippen LogP contribution in [0.5, 0.6) is 0 Å². The largest absolute Gasteiger partial charge is 0.463 e. The summed E-state index contributed by atoms with van der Waals surface area (Å²) in [5.74, 6) is -1.29. The normalized spacial score (nSPS) is 19.6. The minimum absolute atomic E-state index is 0.156. The fraction of sp³-hybridized carbons (Fsp3) is 0.280. The highest BCUT2D eigenvalue weighted by molar-refractivity contribution is 7.91. The molecule has 0 unspecified atom stereocenters. The average Bonchev–Trinajstić information content (AvgIpc) is 3.32. The lowest BCUT2D eigenvalue weighted by atomic mass is 9.96. The van der Waals surface area contributed by atoms with Gasteiger partial charge in [0.05, 0.1) is 47.3 Å². The first-order valence-electron chi connectivity index (χ1n) is 10.8. The van der Waals surface area contributed by atoms with Crippen LogP contribution < -0.4 is 10.9 Å². The summed E-state index contributed by atoms with van der Waals surface area (Å²) in [6, 6.07) is 10.7. The van der Waals surface area contributed by atoms with Gasteiger partial charge in [0.15, 0.2) is 9.84 Å². The second kappa shape index (κ2) is 8.11. The number of sulfone groups is 1. The van der Waals surface area contributed by atoms with E-state index in [4.69, 9.17) is 8.83 Å². The zero-order valence-corrected chi connectivity index (χ0v) is 19.4. The van der Waals surface area contributed by atoms with Gasteiger partial charge in [-0.05, 0) is 36.6 Å². The molecule has 2 N–H and O–H groups in total. The van der Waals surface area contributed by atoms with Crippen LogP contribution in [0, 0.1) is 13.8 Å². The fourth-order valence-electron chi connectivity index (χ4n) is 4.71. The van der Waals surface area contributed by atoms with Crippen LogP contribution in [0.2, 0.25) is 0 Å². The quantitative estimate of drug-likeness (QED) is 0.429. The van der Waals surface area contributed by atoms with E-state index in [1.807, 2.05) is 37.3 Å². The number of amides is 1. The summed E-state index contributed by atoms with van der Waals surface area (Å²) in [5, 5.41) is 14.0. The SMILES string of the molecule is Cc1cc2oc(=O)c(CC(=O)N[C@H]3CS(=O)(=O)C[C@H]3O)c(C)c2c2occ(-c3ccccc3)c12. The zero-order chi connectivity index (χ0) is 24.2. The molecule has 176 valence electrons. The van der Waals surface area contributed by atoms with Crippen LogP contribution in [-0.4, -0.2) is 43.1 Å². The number of fused-ring (bicyclic) bond motifs is 3. The smallest absolute Gasteiger partial charge is 0.340 e. The predicted molar refractivity (Wildman–Crippen MR) is 127 cm³/mol. The molecule has 0 spiro atoms. The first-order valence-corrected chi connectivity index (χ1v) is 12.7. The van der Waals surface area contributed by atoms with E-state index >= 15 is 0 Å². The van der Waals surface area contributed by atoms with Gasteiger partial charge in [0.1, 0.15) is 11.2 Å². The van der Waals surface area contributed by atoms with Crippen molar-refractivity contribution in [2.75, 3.05) is 11.5 Å². The Balaban J connectivity index is 1.57. The number of aryl methyl sites for hydroxylation is 2. The number of aliphatic hydroxyl groups excluding tert-OH is 1. The summed E-state index contributed by atoms with van der Waals surface area (Å²) in [5.41, 5.74) is 3.78. The van der Waals surface area contributed by atoms with E-state index < -0.39 is 39.3 Å². The van der Waals surface area contributed by atoms with Crippen molar-refractivity contribution in [2.45, 2.75) is 32.4 Å². The molecule has 1 aliphatic heterocycles. The van der Waals surface area contributed by atoms with Crippen molar-refractivity contribution in [3.63, 3.8) is 0 Å². The van der Waals surface area contributed by atoms with Gasteiger partial charge >= 0.3 is 5.63 Å². The van der Waals surface area contributed by atoms with Crippen LogP contribution in [0.15, 0.2) is 56.3 Å². The highest BCUT2D eigenvalue weighted by atomic mass is 32.2. The molecule has 9 heteroatoms. The first-order chi connectivity index (χ1) is 16.1. The Morgan fingerprint density at radius 2 is 1.88 bits per heavy atom. The molecular formula is C25H23NO7S. The standard InChI is InChI=1S/C25H23NO7S/c1-13-8-20-23(24-22(13)17(10-32-24)15-6-4-3-5-7-15)14(2)16(25(29)33-20)9-21(28)26-18-11-34(30,31)12-19(18)27/h3-8,10,18-19,27H,9,11-12H2,1-2H3,(H,26,28)/t18-,19+/m0/s1. The highest BCUT2D eigenvalue weighted by Gasteiger charge is 2.37. The molecule has 2 aromatic heterocycles. The Labute approximate surface area is 195 Å². The van der Waals surface area contributed by atoms with Crippen LogP contribution >= 0.6 is 0 Å². The minimum atomic E-state index is -3.41. The molecule has 8 nitrogen and oxygen atoms in total. The van der Waals surface area contributed by atoms with Crippen LogP contribution in [0.25, 0.3) is 33.1 Å². The van der Waals surface area contributed by atoms with Crippen molar-refractivity contribution in [1.29, 1.82) is 0 Å². The maximum absolute atomic E-state index is 12.7. The van der Waals surface area contributed by atoms with Gasteiger partial charge < -0.3 is 19.3 Å². The molecule has 1 amide bonds. The van der Waals surface area contributed by atoms with Crippen molar-refractivity contribution in [1.82, 2.24) is 5.32 Å². The predicted octanol–water partition coefficient (Wildman–Crippen LogP) is 2.64. The van der Waals surface area contributed by atoms with E-state index in [0.717, 1.165) is 22.1 Å². The first kappa shape index (κ1) is 22.4. The summed E-state index contributed by atoms with van der Waals surface area (Å²) >= 11 is 0. The molecule has 2 aromatic carbocycles. The maximum Gasteiger partial charge on any atom is 0.340 e. The lowest BCUT2D eigenvalue weighted by Crippen LogP contribution is -2.43. The third-order valence-corrected chi connectivity index (χ3v) is 8.09. The zero-order valence-electron chi connectivity index (χ0n) is 18.6. The Morgan fingerprint density at radius 3 is 2.56 bits per heavy atom. The van der Waals surface area contributed by atoms with Crippen LogP contribution in [0.1, 0.15) is 16.7 Å². The molecule has 1 fully saturated rings. The molecular weight excluding hydrogens is 458 g/mol. The van der Waals surface area contributed by atoms with Gasteiger partial charge in [-0.15, -0.1) is 0 Å². The number of rotatable bonds is 4. The molecule has 0 bridgehead atoms. The summed E-state index contributed by atoms with van der Waals surface area (Å²) in [7, 11) is -3.41. The summed E-state index contributed by atoms with van der Waals surface area (Å²) < 4.78 is 35.0. The Hall–Kier alpha value is -3.43. The molecule has 34 heavy (non-hydrogen) atoms. The number of furan rings is 1. The molecule has 0 aliphatic carbocycles. The number of hydrogen-bond acceptors (Lipinski definition) is 7. The number of hydrogen-bond donors (Lipinski definition) is 2. The number of aliphatic hydroxyl groups is 1. The monoisotopic (exact) mass is 481 g/mol. The Morgan fingerprint density at radius 1 is 1.15 bits per heavy atom. The molecule has 2 atom stereocenters. The molecule has 1 saturated heterocycles. The van der Waals surface area contributed by atoms with Crippen molar-refractivity contribution < 1.29 is 27.2 Å². The maximum atomic E-state index is 12.7. The molecule has 5 rings (SSSR count). The summed E-state index contributed by atoms with van der Waals surface area (Å²) in [6.45, 7) is 3.65. The van der Waals surface area contributed by atoms with Crippen molar-refractivity contribution >= 4 is 37.7 Å². The van der Waals surface area contributed by atoms with Gasteiger partial charge in [-0.2, -0.15) is 0 Å². The second-order valence-electron chi connectivity index (χ2n) is 8.77. The van der Waals surface area contributed by atoms with Crippen molar-refractivity contribution in [2.24, 2.45) is 0 Å². The average molecular weight is 482 g/mol. The second-order valence-corrected chi connectivity index (χ2v) is 10.9. The third-order valence-electron chi connectivity index (χ3n) is 6.37. The molecule has 4 aromatic rings. The minimum Gasteiger partial charge on any atom is -0.463 e. The molecule has 0 saturated carbocycles. The van der Waals surface area contributed by atoms with Gasteiger partial charge in [0.2, 0.25) is 5.91 Å². The van der Waals surface area contributed by atoms with Crippen molar-refractivity contribution in [3.05, 3.63) is 69.8 Å². The van der Waals surface area contributed by atoms with Gasteiger partial charge in [0, 0.05) is 10.9 Å². The fourth-order valence-corrected chi connectivity index (χ4v) is 6.45. The Kier molecular flexibility index (Phi) is 5.33. The molecule has 0 radical (unpaired) electrons. The number of nitrogens with one attached hydrogen (secondary N) is 1. The lowest BCUT2D eigenvalue weighted by molar-refractivity contribution is -0.121. The molecule has 3 heterocycles. The van der Waals surface area contributed by atoms with Gasteiger partial charge in [0.25, 0.3) is 0 Å². The number of carbonyl (C=O) groups excluding carboxylic acids is 1. The van der Waals surface area contributed by atoms with Gasteiger partial charge in [-0.1, -0.05) is 30.3 Å². The highest BCUT2D eigenvalue weighted by Crippen LogP contribution is 2.38. The van der Waals surface area contributed by atoms with E-state index in [2.05, 4.69) is 5.32 Å². The van der Waals surface area contributed by atoms with Gasteiger partial charge in [-0.25, -0.2) is 13.2 Å². The Bertz CT molecular complexity index is 1600. The topological polar surface area (TPSA) is 127 Å². The van der Waals surface area contributed by atoms with Crippen LogP contribution in [0.3, 0.4) is 0 Å². The van der Waals surface area contributed by atoms with E-state index in [1.54, 1.807) is 19.3 Å². The van der Waals surface area contributed by atoms with E-state index in [-0.39, 0.29) is 17.7 Å². The summed E-state index contributed by atoms with van der Waals surface area (Å²) in [6.07, 6.45) is 0.186. The van der Waals surface area contributed by atoms with Crippen molar-refractivity contribution in [3.8, 4) is 11.1 Å². The van der Waals surface area contributed by atoms with Crippen LogP contribution in [-0.2, 0) is 21.1 Å². The van der Waals surface area contributed by atoms with Crippen LogP contribution in [0.4, 0.5) is 0 Å². The summed E-state index contributed by atoms with van der Waals surface area (Å²) in [4.78, 5) is 25.4. The van der Waals surface area contributed by atoms with E-state index in [1.165, 1.54) is 0 Å². The lowest BCUT2D eigenvalue weighted by Gasteiger charge is -2.15. The number of carbonyl (C=O) groups is 1.